The van der Waals surface area contributed by atoms with Crippen molar-refractivity contribution in [3.63, 3.8) is 0 Å². The Morgan fingerprint density at radius 3 is 2.61 bits per heavy atom. The summed E-state index contributed by atoms with van der Waals surface area (Å²) in [6.45, 7) is 2.24. The van der Waals surface area contributed by atoms with Gasteiger partial charge in [-0.1, -0.05) is 30.3 Å². The molecule has 4 rings (SSSR count). The van der Waals surface area contributed by atoms with E-state index in [4.69, 9.17) is 9.83 Å². The highest BCUT2D eigenvalue weighted by Gasteiger charge is 2.37. The minimum Gasteiger partial charge on any atom is -0.467 e. The van der Waals surface area contributed by atoms with Crippen molar-refractivity contribution in [2.75, 3.05) is 7.05 Å². The molecule has 0 radical (unpaired) electrons. The summed E-state index contributed by atoms with van der Waals surface area (Å²) in [7, 11) is 1.59. The number of hydrogen-bond acceptors (Lipinski definition) is 4. The number of hydrogen-bond donors (Lipinski definition) is 3. The fourth-order valence-corrected chi connectivity index (χ4v) is 3.67. The van der Waals surface area contributed by atoms with E-state index in [9.17, 15) is 9.59 Å². The summed E-state index contributed by atoms with van der Waals surface area (Å²) in [6, 6.07) is 18.8. The van der Waals surface area contributed by atoms with Gasteiger partial charge < -0.3 is 15.1 Å². The molecule has 3 aromatic rings. The smallest absolute Gasteiger partial charge is 0.251 e. The van der Waals surface area contributed by atoms with Gasteiger partial charge in [0.25, 0.3) is 5.91 Å². The van der Waals surface area contributed by atoms with Crippen LogP contribution in [0.25, 0.3) is 11.1 Å². The summed E-state index contributed by atoms with van der Waals surface area (Å²) in [5, 5.41) is 14.1. The zero-order chi connectivity index (χ0) is 22.0. The van der Waals surface area contributed by atoms with E-state index in [0.717, 1.165) is 16.7 Å². The van der Waals surface area contributed by atoms with Crippen molar-refractivity contribution < 1.29 is 14.0 Å². The lowest BCUT2D eigenvalue weighted by Gasteiger charge is -2.39. The Morgan fingerprint density at radius 1 is 1.16 bits per heavy atom. The van der Waals surface area contributed by atoms with Crippen LogP contribution in [-0.4, -0.2) is 29.7 Å². The highest BCUT2D eigenvalue weighted by Crippen LogP contribution is 2.31. The van der Waals surface area contributed by atoms with E-state index in [1.165, 1.54) is 4.90 Å². The van der Waals surface area contributed by atoms with Crippen molar-refractivity contribution in [1.82, 2.24) is 15.5 Å². The summed E-state index contributed by atoms with van der Waals surface area (Å²) in [5.74, 6) is 0.486. The van der Waals surface area contributed by atoms with Gasteiger partial charge in [-0.3, -0.25) is 19.9 Å². The molecule has 1 saturated heterocycles. The molecular formula is C24H24N4O3. The van der Waals surface area contributed by atoms with Crippen LogP contribution < -0.4 is 10.6 Å². The first kappa shape index (κ1) is 20.4. The molecule has 3 N–H and O–H groups in total. The zero-order valence-electron chi connectivity index (χ0n) is 17.4. The first-order valence-electron chi connectivity index (χ1n) is 10.0. The standard InChI is InChI=1S/C24H24N4O3/c1-24(14-21(29)28(2)23(25)27-24)19-9-4-7-17(13-19)16-6-3-8-18(12-16)22(30)26-15-20-10-5-11-31-20/h3-13H,14-15H2,1-2H3,(H2,25,27)(H,26,30)/t24-/m0/s1. The van der Waals surface area contributed by atoms with E-state index in [1.807, 2.05) is 55.5 Å². The van der Waals surface area contributed by atoms with E-state index in [-0.39, 0.29) is 24.2 Å². The predicted molar refractivity (Wildman–Crippen MR) is 117 cm³/mol. The maximum Gasteiger partial charge on any atom is 0.251 e. The minimum atomic E-state index is -0.672. The number of nitrogens with zero attached hydrogens (tertiary/aromatic N) is 1. The number of nitrogens with one attached hydrogen (secondary N) is 3. The Hall–Kier alpha value is -3.87. The second-order valence-electron chi connectivity index (χ2n) is 7.86. The van der Waals surface area contributed by atoms with Gasteiger partial charge >= 0.3 is 0 Å². The number of benzene rings is 2. The average molecular weight is 416 g/mol. The maximum absolute atomic E-state index is 12.6. The molecule has 2 aromatic carbocycles. The third-order valence-corrected chi connectivity index (χ3v) is 5.57. The lowest BCUT2D eigenvalue weighted by molar-refractivity contribution is -0.129. The van der Waals surface area contributed by atoms with Crippen molar-refractivity contribution in [1.29, 1.82) is 5.41 Å². The van der Waals surface area contributed by atoms with Gasteiger partial charge in [0, 0.05) is 12.6 Å². The fraction of sp³-hybridized carbons (Fsp3) is 0.208. The van der Waals surface area contributed by atoms with Crippen LogP contribution in [-0.2, 0) is 16.9 Å². The Labute approximate surface area is 180 Å². The third kappa shape index (κ3) is 4.21. The van der Waals surface area contributed by atoms with Crippen molar-refractivity contribution in [2.24, 2.45) is 0 Å². The highest BCUT2D eigenvalue weighted by molar-refractivity contribution is 5.99. The van der Waals surface area contributed by atoms with E-state index >= 15 is 0 Å². The van der Waals surface area contributed by atoms with Crippen LogP contribution in [0.15, 0.2) is 71.3 Å². The molecule has 7 nitrogen and oxygen atoms in total. The SMILES string of the molecule is CN1C(=N)N[C@](C)(c2cccc(-c3cccc(C(=O)NCc4ccco4)c3)c2)CC1=O. The lowest BCUT2D eigenvalue weighted by Crippen LogP contribution is -2.58. The van der Waals surface area contributed by atoms with E-state index in [0.29, 0.717) is 17.9 Å². The molecule has 0 bridgehead atoms. The van der Waals surface area contributed by atoms with Crippen LogP contribution in [0.4, 0.5) is 0 Å². The number of carbonyl (C=O) groups is 2. The lowest BCUT2D eigenvalue weighted by atomic mass is 9.85. The van der Waals surface area contributed by atoms with Crippen LogP contribution in [0.2, 0.25) is 0 Å². The molecule has 1 aliphatic rings. The number of furan rings is 1. The van der Waals surface area contributed by atoms with Gasteiger partial charge in [-0.25, -0.2) is 0 Å². The third-order valence-electron chi connectivity index (χ3n) is 5.57. The topological polar surface area (TPSA) is 98.4 Å². The number of carbonyl (C=O) groups excluding carboxylic acids is 2. The predicted octanol–water partition coefficient (Wildman–Crippen LogP) is 3.48. The Bertz CT molecular complexity index is 1120. The summed E-state index contributed by atoms with van der Waals surface area (Å²) in [5.41, 5.74) is 2.61. The summed E-state index contributed by atoms with van der Waals surface area (Å²) >= 11 is 0. The van der Waals surface area contributed by atoms with Crippen LogP contribution >= 0.6 is 0 Å². The molecule has 1 aliphatic heterocycles. The van der Waals surface area contributed by atoms with E-state index < -0.39 is 5.54 Å². The number of rotatable bonds is 5. The number of amides is 2. The first-order chi connectivity index (χ1) is 14.9. The van der Waals surface area contributed by atoms with Crippen LogP contribution in [0.5, 0.6) is 0 Å². The Kier molecular flexibility index (Phi) is 5.33. The van der Waals surface area contributed by atoms with Crippen molar-refractivity contribution in [2.45, 2.75) is 25.4 Å². The minimum absolute atomic E-state index is 0.0828. The monoisotopic (exact) mass is 416 g/mol. The van der Waals surface area contributed by atoms with Gasteiger partial charge in [0.15, 0.2) is 5.96 Å². The Morgan fingerprint density at radius 2 is 1.90 bits per heavy atom. The molecule has 7 heteroatoms. The van der Waals surface area contributed by atoms with Crippen molar-refractivity contribution in [3.05, 3.63) is 83.8 Å². The van der Waals surface area contributed by atoms with Crippen molar-refractivity contribution >= 4 is 17.8 Å². The second kappa shape index (κ2) is 8.10. The molecule has 0 unspecified atom stereocenters. The van der Waals surface area contributed by atoms with E-state index in [2.05, 4.69) is 10.6 Å². The zero-order valence-corrected chi connectivity index (χ0v) is 17.4. The van der Waals surface area contributed by atoms with Crippen LogP contribution in [0, 0.1) is 5.41 Å². The largest absolute Gasteiger partial charge is 0.467 e. The summed E-state index contributed by atoms with van der Waals surface area (Å²) in [4.78, 5) is 26.2. The first-order valence-corrected chi connectivity index (χ1v) is 10.0. The second-order valence-corrected chi connectivity index (χ2v) is 7.86. The van der Waals surface area contributed by atoms with Crippen LogP contribution in [0.3, 0.4) is 0 Å². The molecule has 1 aromatic heterocycles. The van der Waals surface area contributed by atoms with E-state index in [1.54, 1.807) is 25.4 Å². The van der Waals surface area contributed by atoms with Gasteiger partial charge in [-0.2, -0.15) is 0 Å². The van der Waals surface area contributed by atoms with Crippen LogP contribution in [0.1, 0.15) is 35.0 Å². The Balaban J connectivity index is 1.57. The molecule has 31 heavy (non-hydrogen) atoms. The van der Waals surface area contributed by atoms with Gasteiger partial charge in [-0.15, -0.1) is 0 Å². The molecule has 2 heterocycles. The quantitative estimate of drug-likeness (QED) is 0.593. The fourth-order valence-electron chi connectivity index (χ4n) is 3.67. The molecular weight excluding hydrogens is 392 g/mol. The van der Waals surface area contributed by atoms with Gasteiger partial charge in [0.1, 0.15) is 5.76 Å². The molecule has 0 saturated carbocycles. The summed E-state index contributed by atoms with van der Waals surface area (Å²) < 4.78 is 5.25. The molecule has 0 spiro atoms. The molecule has 158 valence electrons. The van der Waals surface area contributed by atoms with Gasteiger partial charge in [0.05, 0.1) is 24.8 Å². The molecule has 0 aliphatic carbocycles. The average Bonchev–Trinajstić information content (AvgIpc) is 3.30. The van der Waals surface area contributed by atoms with Gasteiger partial charge in [-0.05, 0) is 53.9 Å². The van der Waals surface area contributed by atoms with Gasteiger partial charge in [0.2, 0.25) is 5.91 Å². The summed E-state index contributed by atoms with van der Waals surface area (Å²) in [6.07, 6.45) is 1.83. The molecule has 1 fully saturated rings. The molecule has 1 atom stereocenters. The molecule has 2 amide bonds. The van der Waals surface area contributed by atoms with Crippen molar-refractivity contribution in [3.8, 4) is 11.1 Å². The normalized spacial score (nSPS) is 18.6. The maximum atomic E-state index is 12.6. The highest BCUT2D eigenvalue weighted by atomic mass is 16.3. The number of guanidine groups is 1.